The summed E-state index contributed by atoms with van der Waals surface area (Å²) in [5, 5.41) is 1.44. The van der Waals surface area contributed by atoms with Crippen molar-refractivity contribution in [2.45, 2.75) is 20.0 Å². The number of hydrogen-bond donors (Lipinski definition) is 0. The van der Waals surface area contributed by atoms with Crippen molar-refractivity contribution in [1.82, 2.24) is 0 Å². The number of rotatable bonds is 4. The van der Waals surface area contributed by atoms with Crippen molar-refractivity contribution in [3.8, 4) is 0 Å². The fraction of sp³-hybridized carbons (Fsp3) is 0.455. The predicted octanol–water partition coefficient (Wildman–Crippen LogP) is 3.48. The minimum absolute atomic E-state index is 0.416. The molecular formula is C11H14F3NO. The molecule has 0 N–H and O–H groups in total. The molecule has 0 amide bonds. The van der Waals surface area contributed by atoms with E-state index in [1.54, 1.807) is 13.0 Å². The number of hydroxylamine groups is 1. The Morgan fingerprint density at radius 3 is 2.44 bits per heavy atom. The predicted molar refractivity (Wildman–Crippen MR) is 56.1 cm³/mol. The highest BCUT2D eigenvalue weighted by atomic mass is 19.4. The number of nitrogens with zero attached hydrogens (tertiary/aromatic N) is 1. The second-order valence-corrected chi connectivity index (χ2v) is 3.16. The van der Waals surface area contributed by atoms with Crippen molar-refractivity contribution < 1.29 is 18.0 Å². The normalized spacial score (nSPS) is 11.6. The molecule has 1 rings (SSSR count). The molecule has 0 unspecified atom stereocenters. The minimum atomic E-state index is -4.32. The molecule has 5 heteroatoms. The summed E-state index contributed by atoms with van der Waals surface area (Å²) in [6.07, 6.45) is -4.32. The Morgan fingerprint density at radius 1 is 1.25 bits per heavy atom. The standard InChI is InChI=1S/C11H14F3NO/c1-3-15(16-4-2)10-7-5-6-9(8-10)11(12,13)14/h5-8H,3-4H2,1-2H3. The first-order valence-corrected chi connectivity index (χ1v) is 5.06. The van der Waals surface area contributed by atoms with Gasteiger partial charge < -0.3 is 0 Å². The van der Waals surface area contributed by atoms with Crippen LogP contribution in [0.25, 0.3) is 0 Å². The summed E-state index contributed by atoms with van der Waals surface area (Å²) in [5.74, 6) is 0. The first kappa shape index (κ1) is 12.8. The van der Waals surface area contributed by atoms with Crippen LogP contribution in [0.15, 0.2) is 24.3 Å². The second-order valence-electron chi connectivity index (χ2n) is 3.16. The molecule has 0 aromatic heterocycles. The molecule has 1 aromatic carbocycles. The molecule has 0 aliphatic heterocycles. The number of anilines is 1. The van der Waals surface area contributed by atoms with Gasteiger partial charge in [-0.2, -0.15) is 13.2 Å². The van der Waals surface area contributed by atoms with Crippen LogP contribution in [0.3, 0.4) is 0 Å². The zero-order chi connectivity index (χ0) is 12.2. The van der Waals surface area contributed by atoms with Crippen molar-refractivity contribution in [2.75, 3.05) is 18.2 Å². The lowest BCUT2D eigenvalue weighted by Crippen LogP contribution is -2.23. The molecule has 0 aliphatic rings. The third kappa shape index (κ3) is 3.13. The van der Waals surface area contributed by atoms with Gasteiger partial charge in [0.1, 0.15) is 0 Å². The molecule has 0 atom stereocenters. The summed E-state index contributed by atoms with van der Waals surface area (Å²) < 4.78 is 37.4. The van der Waals surface area contributed by atoms with E-state index in [9.17, 15) is 13.2 Å². The molecular weight excluding hydrogens is 219 g/mol. The lowest BCUT2D eigenvalue weighted by atomic mass is 10.2. The first-order valence-electron chi connectivity index (χ1n) is 5.06. The van der Waals surface area contributed by atoms with E-state index in [1.165, 1.54) is 11.1 Å². The van der Waals surface area contributed by atoms with Crippen LogP contribution < -0.4 is 5.06 Å². The first-order chi connectivity index (χ1) is 7.49. The van der Waals surface area contributed by atoms with Gasteiger partial charge in [-0.1, -0.05) is 6.07 Å². The van der Waals surface area contributed by atoms with E-state index >= 15 is 0 Å². The average molecular weight is 233 g/mol. The van der Waals surface area contributed by atoms with Crippen LogP contribution in [0.4, 0.5) is 18.9 Å². The molecule has 1 aromatic rings. The molecule has 0 radical (unpaired) electrons. The Kier molecular flexibility index (Phi) is 4.18. The molecule has 0 aliphatic carbocycles. The molecule has 16 heavy (non-hydrogen) atoms. The van der Waals surface area contributed by atoms with Crippen LogP contribution in [-0.2, 0) is 11.0 Å². The van der Waals surface area contributed by atoms with Crippen LogP contribution in [0, 0.1) is 0 Å². The molecule has 0 spiro atoms. The summed E-state index contributed by atoms with van der Waals surface area (Å²) in [7, 11) is 0. The van der Waals surface area contributed by atoms with Gasteiger partial charge in [0.2, 0.25) is 0 Å². The fourth-order valence-electron chi connectivity index (χ4n) is 1.34. The average Bonchev–Trinajstić information content (AvgIpc) is 2.25. The van der Waals surface area contributed by atoms with Crippen LogP contribution in [0.1, 0.15) is 19.4 Å². The summed E-state index contributed by atoms with van der Waals surface area (Å²) in [6.45, 7) is 4.52. The number of hydrogen-bond acceptors (Lipinski definition) is 2. The highest BCUT2D eigenvalue weighted by Crippen LogP contribution is 2.31. The van der Waals surface area contributed by atoms with Crippen molar-refractivity contribution in [3.63, 3.8) is 0 Å². The van der Waals surface area contributed by atoms with Crippen molar-refractivity contribution >= 4 is 5.69 Å². The van der Waals surface area contributed by atoms with Crippen LogP contribution in [0.2, 0.25) is 0 Å². The summed E-state index contributed by atoms with van der Waals surface area (Å²) in [4.78, 5) is 5.21. The van der Waals surface area contributed by atoms with E-state index in [2.05, 4.69) is 0 Å². The van der Waals surface area contributed by atoms with Gasteiger partial charge in [0, 0.05) is 6.54 Å². The maximum Gasteiger partial charge on any atom is 0.416 e. The zero-order valence-electron chi connectivity index (χ0n) is 9.21. The van der Waals surface area contributed by atoms with E-state index < -0.39 is 11.7 Å². The molecule has 2 nitrogen and oxygen atoms in total. The van der Waals surface area contributed by atoms with Crippen LogP contribution >= 0.6 is 0 Å². The van der Waals surface area contributed by atoms with E-state index in [0.717, 1.165) is 12.1 Å². The Balaban J connectivity index is 2.97. The van der Waals surface area contributed by atoms with Gasteiger partial charge in [-0.15, -0.1) is 0 Å². The minimum Gasteiger partial charge on any atom is -0.274 e. The highest BCUT2D eigenvalue weighted by molar-refractivity contribution is 5.47. The second kappa shape index (κ2) is 5.21. The third-order valence-electron chi connectivity index (χ3n) is 2.03. The topological polar surface area (TPSA) is 12.5 Å². The van der Waals surface area contributed by atoms with Crippen LogP contribution in [0.5, 0.6) is 0 Å². The van der Waals surface area contributed by atoms with Crippen LogP contribution in [-0.4, -0.2) is 13.2 Å². The Morgan fingerprint density at radius 2 is 1.94 bits per heavy atom. The molecule has 0 fully saturated rings. The third-order valence-corrected chi connectivity index (χ3v) is 2.03. The number of alkyl halides is 3. The quantitative estimate of drug-likeness (QED) is 0.738. The molecule has 0 bridgehead atoms. The van der Waals surface area contributed by atoms with Gasteiger partial charge >= 0.3 is 6.18 Å². The van der Waals surface area contributed by atoms with Gasteiger partial charge in [0.05, 0.1) is 17.9 Å². The van der Waals surface area contributed by atoms with Gasteiger partial charge in [0.25, 0.3) is 0 Å². The molecule has 90 valence electrons. The summed E-state index contributed by atoms with van der Waals surface area (Å²) in [6, 6.07) is 5.09. The van der Waals surface area contributed by atoms with E-state index in [-0.39, 0.29) is 0 Å². The Labute approximate surface area is 92.6 Å². The van der Waals surface area contributed by atoms with Crippen molar-refractivity contribution in [3.05, 3.63) is 29.8 Å². The van der Waals surface area contributed by atoms with Gasteiger partial charge in [-0.05, 0) is 32.0 Å². The largest absolute Gasteiger partial charge is 0.416 e. The lowest BCUT2D eigenvalue weighted by Gasteiger charge is -2.22. The summed E-state index contributed by atoms with van der Waals surface area (Å²) in [5.41, 5.74) is -0.248. The highest BCUT2D eigenvalue weighted by Gasteiger charge is 2.30. The van der Waals surface area contributed by atoms with Crippen molar-refractivity contribution in [2.24, 2.45) is 0 Å². The maximum absolute atomic E-state index is 12.5. The van der Waals surface area contributed by atoms with Crippen molar-refractivity contribution in [1.29, 1.82) is 0 Å². The zero-order valence-corrected chi connectivity index (χ0v) is 9.21. The monoisotopic (exact) mass is 233 g/mol. The van der Waals surface area contributed by atoms with Gasteiger partial charge in [0.15, 0.2) is 0 Å². The maximum atomic E-state index is 12.5. The van der Waals surface area contributed by atoms with E-state index in [0.29, 0.717) is 18.8 Å². The SMILES string of the molecule is CCON(CC)c1cccc(C(F)(F)F)c1. The fourth-order valence-corrected chi connectivity index (χ4v) is 1.34. The van der Waals surface area contributed by atoms with E-state index in [4.69, 9.17) is 4.84 Å². The van der Waals surface area contributed by atoms with E-state index in [1.807, 2.05) is 6.92 Å². The molecule has 0 heterocycles. The molecule has 0 saturated heterocycles. The number of benzene rings is 1. The van der Waals surface area contributed by atoms with Gasteiger partial charge in [-0.3, -0.25) is 9.90 Å². The Hall–Kier alpha value is -1.23. The smallest absolute Gasteiger partial charge is 0.274 e. The van der Waals surface area contributed by atoms with Gasteiger partial charge in [-0.25, -0.2) is 0 Å². The Bertz CT molecular complexity index is 338. The number of halogens is 3. The lowest BCUT2D eigenvalue weighted by molar-refractivity contribution is -0.137. The molecule has 0 saturated carbocycles. The summed E-state index contributed by atoms with van der Waals surface area (Å²) >= 11 is 0.